The van der Waals surface area contributed by atoms with Gasteiger partial charge in [0.2, 0.25) is 0 Å². The summed E-state index contributed by atoms with van der Waals surface area (Å²) >= 11 is 0. The number of hydrogen-bond donors (Lipinski definition) is 1. The van der Waals surface area contributed by atoms with Crippen LogP contribution in [0.5, 0.6) is 0 Å². The largest absolute Gasteiger partial charge is 0.357 e. The minimum absolute atomic E-state index is 0.695. The van der Waals surface area contributed by atoms with E-state index >= 15 is 0 Å². The Morgan fingerprint density at radius 2 is 2.06 bits per heavy atom. The van der Waals surface area contributed by atoms with Gasteiger partial charge in [0.1, 0.15) is 5.82 Å². The van der Waals surface area contributed by atoms with E-state index in [0.717, 1.165) is 37.2 Å². The molecular weight excluding hydrogens is 222 g/mol. The summed E-state index contributed by atoms with van der Waals surface area (Å²) in [6.45, 7) is 7.65. The molecule has 1 aliphatic heterocycles. The molecule has 100 valence electrons. The fourth-order valence-corrected chi connectivity index (χ4v) is 2.71. The summed E-state index contributed by atoms with van der Waals surface area (Å²) in [5, 5.41) is 0. The van der Waals surface area contributed by atoms with Crippen molar-refractivity contribution >= 4 is 5.82 Å². The van der Waals surface area contributed by atoms with Crippen LogP contribution in [0.4, 0.5) is 5.82 Å². The molecule has 2 N–H and O–H groups in total. The number of aromatic nitrogens is 1. The molecule has 1 aromatic heterocycles. The Balaban J connectivity index is 1.93. The second-order valence-electron chi connectivity index (χ2n) is 5.63. The highest BCUT2D eigenvalue weighted by Gasteiger charge is 2.22. The molecule has 2 heterocycles. The molecule has 18 heavy (non-hydrogen) atoms. The van der Waals surface area contributed by atoms with Crippen molar-refractivity contribution in [2.75, 3.05) is 24.5 Å². The van der Waals surface area contributed by atoms with E-state index < -0.39 is 0 Å². The summed E-state index contributed by atoms with van der Waals surface area (Å²) in [6, 6.07) is 4.30. The van der Waals surface area contributed by atoms with Gasteiger partial charge >= 0.3 is 0 Å². The highest BCUT2D eigenvalue weighted by Crippen LogP contribution is 2.26. The normalized spacial score (nSPS) is 17.4. The standard InChI is InChI=1S/C15H25N3/c1-12(2)14-6-9-18(10-7-14)15-4-3-13(5-8-16)11-17-15/h3-4,11-12,14H,5-10,16H2,1-2H3. The average molecular weight is 247 g/mol. The Morgan fingerprint density at radius 3 is 2.56 bits per heavy atom. The summed E-state index contributed by atoms with van der Waals surface area (Å²) < 4.78 is 0. The molecule has 0 saturated carbocycles. The maximum absolute atomic E-state index is 5.55. The number of hydrogen-bond acceptors (Lipinski definition) is 3. The molecule has 1 saturated heterocycles. The molecule has 1 fully saturated rings. The van der Waals surface area contributed by atoms with Gasteiger partial charge in [-0.15, -0.1) is 0 Å². The van der Waals surface area contributed by atoms with E-state index in [9.17, 15) is 0 Å². The van der Waals surface area contributed by atoms with E-state index in [1.807, 2.05) is 6.20 Å². The topological polar surface area (TPSA) is 42.1 Å². The van der Waals surface area contributed by atoms with E-state index in [4.69, 9.17) is 5.73 Å². The molecule has 0 unspecified atom stereocenters. The van der Waals surface area contributed by atoms with Crippen molar-refractivity contribution in [3.05, 3.63) is 23.9 Å². The van der Waals surface area contributed by atoms with Gasteiger partial charge in [0, 0.05) is 19.3 Å². The van der Waals surface area contributed by atoms with Gasteiger partial charge in [-0.25, -0.2) is 4.98 Å². The molecule has 0 aromatic carbocycles. The van der Waals surface area contributed by atoms with Crippen molar-refractivity contribution in [2.24, 2.45) is 17.6 Å². The van der Waals surface area contributed by atoms with Crippen LogP contribution in [0, 0.1) is 11.8 Å². The predicted molar refractivity (Wildman–Crippen MR) is 76.8 cm³/mol. The second kappa shape index (κ2) is 6.19. The molecule has 0 spiro atoms. The highest BCUT2D eigenvalue weighted by atomic mass is 15.2. The number of anilines is 1. The molecule has 0 aliphatic carbocycles. The maximum Gasteiger partial charge on any atom is 0.128 e. The fraction of sp³-hybridized carbons (Fsp3) is 0.667. The lowest BCUT2D eigenvalue weighted by molar-refractivity contribution is 0.310. The van der Waals surface area contributed by atoms with Gasteiger partial charge < -0.3 is 10.6 Å². The quantitative estimate of drug-likeness (QED) is 0.888. The molecule has 0 atom stereocenters. The Morgan fingerprint density at radius 1 is 1.33 bits per heavy atom. The number of pyridine rings is 1. The van der Waals surface area contributed by atoms with Crippen LogP contribution in [0.3, 0.4) is 0 Å². The van der Waals surface area contributed by atoms with E-state index in [0.29, 0.717) is 6.54 Å². The first kappa shape index (κ1) is 13.3. The van der Waals surface area contributed by atoms with Crippen molar-refractivity contribution < 1.29 is 0 Å². The van der Waals surface area contributed by atoms with Crippen LogP contribution in [0.2, 0.25) is 0 Å². The molecule has 2 rings (SSSR count). The lowest BCUT2D eigenvalue weighted by Crippen LogP contribution is -2.35. The fourth-order valence-electron chi connectivity index (χ4n) is 2.71. The van der Waals surface area contributed by atoms with Gasteiger partial charge in [-0.1, -0.05) is 19.9 Å². The Hall–Kier alpha value is -1.09. The van der Waals surface area contributed by atoms with Gasteiger partial charge in [-0.2, -0.15) is 0 Å². The van der Waals surface area contributed by atoms with Gasteiger partial charge in [0.15, 0.2) is 0 Å². The van der Waals surface area contributed by atoms with Crippen molar-refractivity contribution in [3.63, 3.8) is 0 Å². The zero-order valence-electron chi connectivity index (χ0n) is 11.6. The van der Waals surface area contributed by atoms with Crippen LogP contribution in [0.25, 0.3) is 0 Å². The molecule has 1 aromatic rings. The minimum atomic E-state index is 0.695. The molecule has 0 bridgehead atoms. The van der Waals surface area contributed by atoms with E-state index in [1.54, 1.807) is 0 Å². The first-order valence-corrected chi connectivity index (χ1v) is 7.10. The Labute approximate surface area is 110 Å². The third-order valence-corrected chi connectivity index (χ3v) is 4.05. The third kappa shape index (κ3) is 3.22. The third-order valence-electron chi connectivity index (χ3n) is 4.05. The van der Waals surface area contributed by atoms with Crippen molar-refractivity contribution in [3.8, 4) is 0 Å². The minimum Gasteiger partial charge on any atom is -0.357 e. The summed E-state index contributed by atoms with van der Waals surface area (Å²) in [6.07, 6.45) is 5.48. The van der Waals surface area contributed by atoms with Crippen molar-refractivity contribution in [1.29, 1.82) is 0 Å². The summed E-state index contributed by atoms with van der Waals surface area (Å²) in [5.41, 5.74) is 6.78. The zero-order valence-corrected chi connectivity index (χ0v) is 11.6. The highest BCUT2D eigenvalue weighted by molar-refractivity contribution is 5.39. The monoisotopic (exact) mass is 247 g/mol. The van der Waals surface area contributed by atoms with Crippen molar-refractivity contribution in [2.45, 2.75) is 33.1 Å². The van der Waals surface area contributed by atoms with Gasteiger partial charge in [-0.3, -0.25) is 0 Å². The molecule has 1 aliphatic rings. The van der Waals surface area contributed by atoms with Crippen molar-refractivity contribution in [1.82, 2.24) is 4.98 Å². The molecule has 0 amide bonds. The summed E-state index contributed by atoms with van der Waals surface area (Å²) in [7, 11) is 0. The van der Waals surface area contributed by atoms with E-state index in [2.05, 4.69) is 35.9 Å². The van der Waals surface area contributed by atoms with Gasteiger partial charge in [0.05, 0.1) is 0 Å². The first-order chi connectivity index (χ1) is 8.70. The molecular formula is C15H25N3. The van der Waals surface area contributed by atoms with Crippen LogP contribution in [-0.4, -0.2) is 24.6 Å². The number of nitrogens with zero attached hydrogens (tertiary/aromatic N) is 2. The smallest absolute Gasteiger partial charge is 0.128 e. The Bertz CT molecular complexity index is 351. The summed E-state index contributed by atoms with van der Waals surface area (Å²) in [4.78, 5) is 6.97. The predicted octanol–water partition coefficient (Wildman–Crippen LogP) is 2.46. The number of piperidine rings is 1. The van der Waals surface area contributed by atoms with Crippen LogP contribution >= 0.6 is 0 Å². The lowest BCUT2D eigenvalue weighted by Gasteiger charge is -2.34. The van der Waals surface area contributed by atoms with Gasteiger partial charge in [-0.05, 0) is 49.3 Å². The maximum atomic E-state index is 5.55. The van der Waals surface area contributed by atoms with Crippen LogP contribution < -0.4 is 10.6 Å². The molecule has 3 heteroatoms. The second-order valence-corrected chi connectivity index (χ2v) is 5.63. The number of rotatable bonds is 4. The SMILES string of the molecule is CC(C)C1CCN(c2ccc(CCN)cn2)CC1. The average Bonchev–Trinajstić information content (AvgIpc) is 2.40. The first-order valence-electron chi connectivity index (χ1n) is 7.10. The van der Waals surface area contributed by atoms with E-state index in [1.165, 1.54) is 18.4 Å². The van der Waals surface area contributed by atoms with Gasteiger partial charge in [0.25, 0.3) is 0 Å². The van der Waals surface area contributed by atoms with Crippen LogP contribution in [-0.2, 0) is 6.42 Å². The lowest BCUT2D eigenvalue weighted by atomic mass is 9.87. The molecule has 0 radical (unpaired) electrons. The number of nitrogens with two attached hydrogens (primary N) is 1. The van der Waals surface area contributed by atoms with Crippen LogP contribution in [0.1, 0.15) is 32.3 Å². The Kier molecular flexibility index (Phi) is 4.59. The summed E-state index contributed by atoms with van der Waals surface area (Å²) in [5.74, 6) is 2.82. The van der Waals surface area contributed by atoms with Crippen LogP contribution in [0.15, 0.2) is 18.3 Å². The molecule has 3 nitrogen and oxygen atoms in total. The zero-order chi connectivity index (χ0) is 13.0. The van der Waals surface area contributed by atoms with E-state index in [-0.39, 0.29) is 0 Å².